The minimum absolute atomic E-state index is 0.0388. The van der Waals surface area contributed by atoms with Crippen molar-refractivity contribution in [3.05, 3.63) is 0 Å². The van der Waals surface area contributed by atoms with Crippen LogP contribution in [0.2, 0.25) is 0 Å². The van der Waals surface area contributed by atoms with E-state index in [-0.39, 0.29) is 11.9 Å². The van der Waals surface area contributed by atoms with Crippen molar-refractivity contribution >= 4 is 5.78 Å². The van der Waals surface area contributed by atoms with Crippen LogP contribution in [-0.2, 0) is 9.53 Å². The molecule has 0 saturated carbocycles. The summed E-state index contributed by atoms with van der Waals surface area (Å²) in [4.78, 5) is 10.9. The standard InChI is InChI=1S/C7H13NO2/c1-5-4-8-7(3,10-5)6(2)9/h5,8H,4H2,1-3H3/t5-,7-/m1/s1. The van der Waals surface area contributed by atoms with Gasteiger partial charge in [0.2, 0.25) is 0 Å². The first-order chi connectivity index (χ1) is 4.54. The van der Waals surface area contributed by atoms with E-state index in [2.05, 4.69) is 5.32 Å². The van der Waals surface area contributed by atoms with Gasteiger partial charge in [-0.25, -0.2) is 0 Å². The van der Waals surface area contributed by atoms with E-state index in [1.165, 1.54) is 6.92 Å². The molecule has 0 aliphatic carbocycles. The maximum atomic E-state index is 10.9. The number of hydrogen-bond acceptors (Lipinski definition) is 3. The number of carbonyl (C=O) groups is 1. The lowest BCUT2D eigenvalue weighted by Crippen LogP contribution is -2.44. The second kappa shape index (κ2) is 2.32. The van der Waals surface area contributed by atoms with E-state index in [1.807, 2.05) is 6.92 Å². The zero-order valence-corrected chi connectivity index (χ0v) is 6.60. The van der Waals surface area contributed by atoms with Gasteiger partial charge in [-0.1, -0.05) is 0 Å². The Bertz CT molecular complexity index is 158. The Morgan fingerprint density at radius 3 is 2.60 bits per heavy atom. The topological polar surface area (TPSA) is 38.3 Å². The Hall–Kier alpha value is -0.410. The molecule has 0 aromatic heterocycles. The van der Waals surface area contributed by atoms with Crippen LogP contribution in [0.3, 0.4) is 0 Å². The van der Waals surface area contributed by atoms with Gasteiger partial charge in [-0.15, -0.1) is 0 Å². The molecule has 2 atom stereocenters. The largest absolute Gasteiger partial charge is 0.349 e. The van der Waals surface area contributed by atoms with Crippen molar-refractivity contribution in [3.8, 4) is 0 Å². The normalized spacial score (nSPS) is 40.1. The highest BCUT2D eigenvalue weighted by atomic mass is 16.5. The molecule has 0 radical (unpaired) electrons. The molecule has 0 unspecified atom stereocenters. The van der Waals surface area contributed by atoms with Crippen LogP contribution in [0, 0.1) is 0 Å². The number of nitrogens with one attached hydrogen (secondary N) is 1. The van der Waals surface area contributed by atoms with E-state index in [4.69, 9.17) is 4.74 Å². The number of hydrogen-bond donors (Lipinski definition) is 1. The van der Waals surface area contributed by atoms with Crippen molar-refractivity contribution < 1.29 is 9.53 Å². The maximum absolute atomic E-state index is 10.9. The fourth-order valence-corrected chi connectivity index (χ4v) is 1.03. The van der Waals surface area contributed by atoms with Gasteiger partial charge in [-0.2, -0.15) is 0 Å². The average Bonchev–Trinajstić information content (AvgIpc) is 2.13. The summed E-state index contributed by atoms with van der Waals surface area (Å²) in [6.45, 7) is 6.00. The Morgan fingerprint density at radius 2 is 2.40 bits per heavy atom. The second-order valence-corrected chi connectivity index (χ2v) is 2.90. The van der Waals surface area contributed by atoms with E-state index < -0.39 is 5.72 Å². The predicted octanol–water partition coefficient (Wildman–Crippen LogP) is 0.300. The predicted molar refractivity (Wildman–Crippen MR) is 37.6 cm³/mol. The SMILES string of the molecule is CC(=O)[C@]1(C)NC[C@@H](C)O1. The van der Waals surface area contributed by atoms with Crippen molar-refractivity contribution in [2.24, 2.45) is 0 Å². The lowest BCUT2D eigenvalue weighted by atomic mass is 10.2. The number of ketones is 1. The van der Waals surface area contributed by atoms with Crippen LogP contribution < -0.4 is 5.32 Å². The monoisotopic (exact) mass is 143 g/mol. The number of carbonyl (C=O) groups excluding carboxylic acids is 1. The fraction of sp³-hybridized carbons (Fsp3) is 0.857. The third kappa shape index (κ3) is 1.20. The van der Waals surface area contributed by atoms with Gasteiger partial charge in [0, 0.05) is 6.54 Å². The van der Waals surface area contributed by atoms with Crippen LogP contribution in [0.4, 0.5) is 0 Å². The molecule has 0 aromatic carbocycles. The van der Waals surface area contributed by atoms with Gasteiger partial charge >= 0.3 is 0 Å². The third-order valence-electron chi connectivity index (χ3n) is 1.84. The smallest absolute Gasteiger partial charge is 0.176 e. The average molecular weight is 143 g/mol. The fourth-order valence-electron chi connectivity index (χ4n) is 1.03. The first-order valence-electron chi connectivity index (χ1n) is 3.48. The van der Waals surface area contributed by atoms with Gasteiger partial charge < -0.3 is 4.74 Å². The van der Waals surface area contributed by atoms with Gasteiger partial charge in [0.15, 0.2) is 11.5 Å². The van der Waals surface area contributed by atoms with Gasteiger partial charge in [0.25, 0.3) is 0 Å². The van der Waals surface area contributed by atoms with Crippen molar-refractivity contribution in [3.63, 3.8) is 0 Å². The second-order valence-electron chi connectivity index (χ2n) is 2.90. The van der Waals surface area contributed by atoms with Crippen LogP contribution in [0.5, 0.6) is 0 Å². The summed E-state index contributed by atoms with van der Waals surface area (Å²) in [6, 6.07) is 0. The Labute approximate surface area is 60.7 Å². The van der Waals surface area contributed by atoms with E-state index in [0.717, 1.165) is 6.54 Å². The van der Waals surface area contributed by atoms with Gasteiger partial charge in [-0.05, 0) is 20.8 Å². The summed E-state index contributed by atoms with van der Waals surface area (Å²) in [5.74, 6) is 0.0388. The summed E-state index contributed by atoms with van der Waals surface area (Å²) in [6.07, 6.45) is 0.147. The molecule has 1 aliphatic rings. The maximum Gasteiger partial charge on any atom is 0.176 e. The lowest BCUT2D eigenvalue weighted by Gasteiger charge is -2.19. The van der Waals surface area contributed by atoms with Crippen molar-refractivity contribution in [2.45, 2.75) is 32.6 Å². The van der Waals surface area contributed by atoms with Crippen LogP contribution in [0.1, 0.15) is 20.8 Å². The lowest BCUT2D eigenvalue weighted by molar-refractivity contribution is -0.139. The molecule has 0 spiro atoms. The molecule has 1 saturated heterocycles. The number of ether oxygens (including phenoxy) is 1. The molecule has 3 heteroatoms. The highest BCUT2D eigenvalue weighted by Crippen LogP contribution is 2.16. The molecule has 1 rings (SSSR count). The van der Waals surface area contributed by atoms with Crippen LogP contribution >= 0.6 is 0 Å². The molecule has 0 amide bonds. The Morgan fingerprint density at radius 1 is 1.80 bits per heavy atom. The van der Waals surface area contributed by atoms with Gasteiger partial charge in [0.1, 0.15) is 0 Å². The summed E-state index contributed by atoms with van der Waals surface area (Å²) >= 11 is 0. The summed E-state index contributed by atoms with van der Waals surface area (Å²) in [7, 11) is 0. The highest BCUT2D eigenvalue weighted by Gasteiger charge is 2.37. The van der Waals surface area contributed by atoms with Crippen LogP contribution in [-0.4, -0.2) is 24.2 Å². The quantitative estimate of drug-likeness (QED) is 0.573. The van der Waals surface area contributed by atoms with Gasteiger partial charge in [0.05, 0.1) is 6.10 Å². The molecular weight excluding hydrogens is 130 g/mol. The third-order valence-corrected chi connectivity index (χ3v) is 1.84. The molecular formula is C7H13NO2. The molecule has 58 valence electrons. The van der Waals surface area contributed by atoms with Crippen LogP contribution in [0.15, 0.2) is 0 Å². The summed E-state index contributed by atoms with van der Waals surface area (Å²) in [5.41, 5.74) is -0.723. The first-order valence-corrected chi connectivity index (χ1v) is 3.48. The van der Waals surface area contributed by atoms with E-state index >= 15 is 0 Å². The van der Waals surface area contributed by atoms with Crippen molar-refractivity contribution in [2.75, 3.05) is 6.54 Å². The van der Waals surface area contributed by atoms with Crippen molar-refractivity contribution in [1.29, 1.82) is 0 Å². The summed E-state index contributed by atoms with van der Waals surface area (Å²) < 4.78 is 5.35. The van der Waals surface area contributed by atoms with E-state index in [0.29, 0.717) is 0 Å². The number of Topliss-reactive ketones (excluding diaryl/α,β-unsaturated/α-hetero) is 1. The van der Waals surface area contributed by atoms with E-state index in [1.54, 1.807) is 6.92 Å². The molecule has 1 aliphatic heterocycles. The van der Waals surface area contributed by atoms with E-state index in [9.17, 15) is 4.79 Å². The molecule has 1 fully saturated rings. The minimum Gasteiger partial charge on any atom is -0.349 e. The first kappa shape index (κ1) is 7.69. The van der Waals surface area contributed by atoms with Crippen LogP contribution in [0.25, 0.3) is 0 Å². The molecule has 10 heavy (non-hydrogen) atoms. The molecule has 0 aromatic rings. The Balaban J connectivity index is 2.63. The number of rotatable bonds is 1. The van der Waals surface area contributed by atoms with Crippen molar-refractivity contribution in [1.82, 2.24) is 5.32 Å². The zero-order valence-electron chi connectivity index (χ0n) is 6.60. The molecule has 0 bridgehead atoms. The molecule has 3 nitrogen and oxygen atoms in total. The molecule has 1 heterocycles. The minimum atomic E-state index is -0.723. The van der Waals surface area contributed by atoms with Gasteiger partial charge in [-0.3, -0.25) is 10.1 Å². The summed E-state index contributed by atoms with van der Waals surface area (Å²) in [5, 5.41) is 3.01. The Kier molecular flexibility index (Phi) is 1.79. The molecule has 1 N–H and O–H groups in total. The zero-order chi connectivity index (χ0) is 7.78. The highest BCUT2D eigenvalue weighted by molar-refractivity contribution is 5.84.